The Labute approximate surface area is 196 Å². The van der Waals surface area contributed by atoms with Gasteiger partial charge in [-0.25, -0.2) is 13.6 Å². The number of ether oxygens (including phenoxy) is 1. The zero-order valence-corrected chi connectivity index (χ0v) is 18.7. The average Bonchev–Trinajstić information content (AvgIpc) is 3.47. The third-order valence-corrected chi connectivity index (χ3v) is 6.76. The fraction of sp³-hybridized carbons (Fsp3) is 0.417. The van der Waals surface area contributed by atoms with Crippen LogP contribution in [-0.2, 0) is 11.4 Å². The Morgan fingerprint density at radius 1 is 1.09 bits per heavy atom. The monoisotopic (exact) mass is 477 g/mol. The SMILES string of the molecule is Cl.O=C1NC(=O)C2(CCC(N[C@@H]3C[C@H]3c3cc(F)cc(F)c3OCc3ccccc3)CC2)N1. The van der Waals surface area contributed by atoms with E-state index in [1.54, 1.807) is 0 Å². The van der Waals surface area contributed by atoms with Gasteiger partial charge in [-0.3, -0.25) is 10.1 Å². The lowest BCUT2D eigenvalue weighted by Gasteiger charge is -2.35. The van der Waals surface area contributed by atoms with Gasteiger partial charge in [0.15, 0.2) is 11.6 Å². The summed E-state index contributed by atoms with van der Waals surface area (Å²) in [4.78, 5) is 23.6. The molecule has 2 atom stereocenters. The third-order valence-electron chi connectivity index (χ3n) is 6.76. The lowest BCUT2D eigenvalue weighted by Crippen LogP contribution is -2.52. The van der Waals surface area contributed by atoms with E-state index >= 15 is 0 Å². The van der Waals surface area contributed by atoms with E-state index in [4.69, 9.17) is 4.74 Å². The van der Waals surface area contributed by atoms with Crippen molar-refractivity contribution in [1.82, 2.24) is 16.0 Å². The molecule has 0 bridgehead atoms. The molecule has 6 nitrogen and oxygen atoms in total. The maximum absolute atomic E-state index is 14.6. The molecule has 1 aliphatic heterocycles. The van der Waals surface area contributed by atoms with Gasteiger partial charge in [-0.15, -0.1) is 12.4 Å². The largest absolute Gasteiger partial charge is 0.486 e. The Hall–Kier alpha value is -2.71. The number of nitrogens with one attached hydrogen (secondary N) is 3. The van der Waals surface area contributed by atoms with E-state index in [9.17, 15) is 18.4 Å². The number of hydrogen-bond donors (Lipinski definition) is 3. The molecule has 1 saturated heterocycles. The summed E-state index contributed by atoms with van der Waals surface area (Å²) in [6.45, 7) is 0.208. The molecule has 9 heteroatoms. The van der Waals surface area contributed by atoms with Gasteiger partial charge in [0.2, 0.25) is 0 Å². The first-order valence-corrected chi connectivity index (χ1v) is 11.0. The molecule has 3 amide bonds. The van der Waals surface area contributed by atoms with Crippen LogP contribution in [0.4, 0.5) is 13.6 Å². The number of hydrogen-bond acceptors (Lipinski definition) is 4. The molecule has 3 fully saturated rings. The van der Waals surface area contributed by atoms with Gasteiger partial charge >= 0.3 is 6.03 Å². The Bertz CT molecular complexity index is 1040. The standard InChI is InChI=1S/C24H25F2N3O3.ClH/c25-15-10-18(21(19(26)11-15)32-13-14-4-2-1-3-5-14)17-12-20(17)27-16-6-8-24(9-7-16)22(30)28-23(31)29-24;/h1-5,10-11,16-17,20,27H,6-9,12-13H2,(H2,28,29,30,31);1H/t16?,17-,20+,24?;/m0./s1. The molecule has 3 aliphatic rings. The number of carbonyl (C=O) groups is 2. The van der Waals surface area contributed by atoms with E-state index in [1.165, 1.54) is 6.07 Å². The minimum atomic E-state index is -0.789. The zero-order valence-electron chi connectivity index (χ0n) is 17.9. The summed E-state index contributed by atoms with van der Waals surface area (Å²) in [7, 11) is 0. The van der Waals surface area contributed by atoms with Crippen molar-refractivity contribution in [2.75, 3.05) is 0 Å². The molecule has 0 aromatic heterocycles. The van der Waals surface area contributed by atoms with Crippen molar-refractivity contribution in [3.8, 4) is 5.75 Å². The van der Waals surface area contributed by atoms with Crippen molar-refractivity contribution in [1.29, 1.82) is 0 Å². The highest BCUT2D eigenvalue weighted by molar-refractivity contribution is 6.07. The van der Waals surface area contributed by atoms with Crippen molar-refractivity contribution < 1.29 is 23.1 Å². The Morgan fingerprint density at radius 2 is 1.82 bits per heavy atom. The highest BCUT2D eigenvalue weighted by Gasteiger charge is 2.49. The van der Waals surface area contributed by atoms with Gasteiger partial charge in [0.25, 0.3) is 5.91 Å². The van der Waals surface area contributed by atoms with Crippen LogP contribution in [0, 0.1) is 11.6 Å². The average molecular weight is 478 g/mol. The molecule has 1 spiro atoms. The molecule has 0 unspecified atom stereocenters. The molecule has 5 rings (SSSR count). The van der Waals surface area contributed by atoms with Gasteiger partial charge in [-0.05, 0) is 43.7 Å². The predicted octanol–water partition coefficient (Wildman–Crippen LogP) is 3.93. The van der Waals surface area contributed by atoms with Crippen LogP contribution in [0.15, 0.2) is 42.5 Å². The first-order valence-electron chi connectivity index (χ1n) is 11.0. The third kappa shape index (κ3) is 4.82. The lowest BCUT2D eigenvalue weighted by molar-refractivity contribution is -0.125. The fourth-order valence-electron chi connectivity index (χ4n) is 4.92. The van der Waals surface area contributed by atoms with Crippen LogP contribution in [0.25, 0.3) is 0 Å². The summed E-state index contributed by atoms with van der Waals surface area (Å²) >= 11 is 0. The maximum atomic E-state index is 14.6. The second-order valence-electron chi connectivity index (χ2n) is 8.96. The van der Waals surface area contributed by atoms with E-state index < -0.39 is 23.2 Å². The molecule has 2 aliphatic carbocycles. The normalized spacial score (nSPS) is 28.1. The maximum Gasteiger partial charge on any atom is 0.322 e. The molecular weight excluding hydrogens is 452 g/mol. The quantitative estimate of drug-likeness (QED) is 0.551. The molecule has 1 heterocycles. The smallest absolute Gasteiger partial charge is 0.322 e. The van der Waals surface area contributed by atoms with Crippen LogP contribution in [0.2, 0.25) is 0 Å². The zero-order chi connectivity index (χ0) is 22.3. The molecule has 2 aromatic rings. The second kappa shape index (κ2) is 9.27. The predicted molar refractivity (Wildman–Crippen MR) is 120 cm³/mol. The number of rotatable bonds is 6. The van der Waals surface area contributed by atoms with Gasteiger partial charge in [-0.1, -0.05) is 30.3 Å². The summed E-state index contributed by atoms with van der Waals surface area (Å²) in [5.41, 5.74) is 0.667. The lowest BCUT2D eigenvalue weighted by atomic mass is 9.79. The van der Waals surface area contributed by atoms with Gasteiger partial charge in [0.05, 0.1) is 0 Å². The Balaban J connectivity index is 0.00000259. The number of carbonyl (C=O) groups excluding carboxylic acids is 2. The van der Waals surface area contributed by atoms with Crippen molar-refractivity contribution in [3.63, 3.8) is 0 Å². The van der Waals surface area contributed by atoms with E-state index in [-0.39, 0.29) is 48.7 Å². The van der Waals surface area contributed by atoms with Crippen LogP contribution in [-0.4, -0.2) is 29.6 Å². The van der Waals surface area contributed by atoms with Crippen molar-refractivity contribution >= 4 is 24.3 Å². The number of urea groups is 1. The van der Waals surface area contributed by atoms with Crippen LogP contribution in [0.3, 0.4) is 0 Å². The van der Waals surface area contributed by atoms with Gasteiger partial charge in [-0.2, -0.15) is 0 Å². The number of halogens is 3. The summed E-state index contributed by atoms with van der Waals surface area (Å²) < 4.78 is 34.3. The summed E-state index contributed by atoms with van der Waals surface area (Å²) in [6, 6.07) is 11.5. The minimum absolute atomic E-state index is 0. The molecule has 176 valence electrons. The minimum Gasteiger partial charge on any atom is -0.486 e. The molecule has 0 radical (unpaired) electrons. The van der Waals surface area contributed by atoms with E-state index in [2.05, 4.69) is 16.0 Å². The van der Waals surface area contributed by atoms with E-state index in [1.807, 2.05) is 30.3 Å². The van der Waals surface area contributed by atoms with Gasteiger partial charge in [0, 0.05) is 29.6 Å². The van der Waals surface area contributed by atoms with Gasteiger partial charge in [0.1, 0.15) is 18.0 Å². The van der Waals surface area contributed by atoms with E-state index in [0.29, 0.717) is 18.4 Å². The highest BCUT2D eigenvalue weighted by atomic mass is 35.5. The van der Waals surface area contributed by atoms with Crippen LogP contribution in [0.5, 0.6) is 5.75 Å². The summed E-state index contributed by atoms with van der Waals surface area (Å²) in [5.74, 6) is -1.48. The Morgan fingerprint density at radius 3 is 2.48 bits per heavy atom. The summed E-state index contributed by atoms with van der Waals surface area (Å²) in [5, 5.41) is 8.65. The number of imide groups is 1. The van der Waals surface area contributed by atoms with Gasteiger partial charge < -0.3 is 15.4 Å². The molecule has 2 aromatic carbocycles. The van der Waals surface area contributed by atoms with Crippen molar-refractivity contribution in [2.24, 2.45) is 0 Å². The molecule has 3 N–H and O–H groups in total. The first-order chi connectivity index (χ1) is 15.4. The number of benzene rings is 2. The topological polar surface area (TPSA) is 79.5 Å². The Kier molecular flexibility index (Phi) is 6.59. The molecule has 2 saturated carbocycles. The molecular formula is C24H26ClF2N3O3. The van der Waals surface area contributed by atoms with Crippen LogP contribution in [0.1, 0.15) is 49.1 Å². The number of amides is 3. The first kappa shape index (κ1) is 23.4. The summed E-state index contributed by atoms with van der Waals surface area (Å²) in [6.07, 6.45) is 3.39. The van der Waals surface area contributed by atoms with Crippen molar-refractivity contribution in [2.45, 2.75) is 62.3 Å². The molecule has 33 heavy (non-hydrogen) atoms. The fourth-order valence-corrected chi connectivity index (χ4v) is 4.92. The van der Waals surface area contributed by atoms with Crippen molar-refractivity contribution in [3.05, 3.63) is 65.2 Å². The highest BCUT2D eigenvalue weighted by Crippen LogP contribution is 2.47. The van der Waals surface area contributed by atoms with Crippen LogP contribution >= 0.6 is 12.4 Å². The van der Waals surface area contributed by atoms with Crippen LogP contribution < -0.4 is 20.7 Å². The van der Waals surface area contributed by atoms with E-state index in [0.717, 1.165) is 30.9 Å². The second-order valence-corrected chi connectivity index (χ2v) is 8.96.